The third kappa shape index (κ3) is 4.70. The molecule has 2 aromatic rings. The largest absolute Gasteiger partial charge is 0.341 e. The monoisotopic (exact) mass is 410 g/mol. The van der Waals surface area contributed by atoms with Crippen LogP contribution in [-0.4, -0.2) is 87.6 Å². The second kappa shape index (κ2) is 8.95. The second-order valence-corrected chi connectivity index (χ2v) is 8.44. The van der Waals surface area contributed by atoms with Gasteiger partial charge in [-0.05, 0) is 44.5 Å². The molecule has 2 aliphatic heterocycles. The number of aryl methyl sites for hydroxylation is 1. The van der Waals surface area contributed by atoms with Gasteiger partial charge in [-0.2, -0.15) is 5.10 Å². The van der Waals surface area contributed by atoms with E-state index in [2.05, 4.69) is 22.0 Å². The Balaban J connectivity index is 1.29. The molecule has 8 nitrogen and oxygen atoms in total. The Labute approximate surface area is 177 Å². The van der Waals surface area contributed by atoms with Crippen LogP contribution in [-0.2, 0) is 11.3 Å². The van der Waals surface area contributed by atoms with E-state index >= 15 is 0 Å². The summed E-state index contributed by atoms with van der Waals surface area (Å²) in [6.45, 7) is 7.07. The van der Waals surface area contributed by atoms with Gasteiger partial charge in [0.1, 0.15) is 6.54 Å². The van der Waals surface area contributed by atoms with Crippen LogP contribution in [0.2, 0.25) is 0 Å². The molecular weight excluding hydrogens is 380 g/mol. The Morgan fingerprint density at radius 2 is 1.73 bits per heavy atom. The van der Waals surface area contributed by atoms with E-state index in [9.17, 15) is 9.59 Å². The molecule has 0 bridgehead atoms. The van der Waals surface area contributed by atoms with Crippen LogP contribution in [0.1, 0.15) is 40.4 Å². The zero-order valence-corrected chi connectivity index (χ0v) is 17.8. The molecule has 0 unspecified atom stereocenters. The fourth-order valence-corrected chi connectivity index (χ4v) is 4.18. The van der Waals surface area contributed by atoms with E-state index in [1.54, 1.807) is 17.1 Å². The van der Waals surface area contributed by atoms with Crippen LogP contribution in [0.3, 0.4) is 0 Å². The first-order chi connectivity index (χ1) is 14.5. The number of aromatic nitrogens is 3. The summed E-state index contributed by atoms with van der Waals surface area (Å²) in [5.74, 6) is 0.503. The number of likely N-dealkylation sites (N-methyl/N-ethyl adjacent to an activating group) is 1. The number of piperidine rings is 1. The maximum atomic E-state index is 12.7. The Kier molecular flexibility index (Phi) is 6.13. The van der Waals surface area contributed by atoms with Gasteiger partial charge in [0, 0.05) is 63.3 Å². The molecule has 2 saturated heterocycles. The highest BCUT2D eigenvalue weighted by atomic mass is 16.2. The number of amides is 2. The van der Waals surface area contributed by atoms with Gasteiger partial charge in [-0.25, -0.2) is 0 Å². The molecule has 4 rings (SSSR count). The standard InChI is InChI=1S/C22H30N6O2/c1-17-13-24-28(15-17)16-21(29)26-7-5-18(6-8-26)20-4-3-19(14-23-20)22(30)27-11-9-25(2)10-12-27/h3-4,13-15,18H,5-12,16H2,1-2H3. The molecule has 2 aromatic heterocycles. The van der Waals surface area contributed by atoms with Crippen molar-refractivity contribution in [1.82, 2.24) is 29.5 Å². The lowest BCUT2D eigenvalue weighted by molar-refractivity contribution is -0.133. The van der Waals surface area contributed by atoms with Gasteiger partial charge in [-0.3, -0.25) is 19.3 Å². The first-order valence-corrected chi connectivity index (χ1v) is 10.7. The first-order valence-electron chi connectivity index (χ1n) is 10.7. The highest BCUT2D eigenvalue weighted by Gasteiger charge is 2.26. The number of carbonyl (C=O) groups is 2. The van der Waals surface area contributed by atoms with Crippen molar-refractivity contribution < 1.29 is 9.59 Å². The van der Waals surface area contributed by atoms with Gasteiger partial charge in [0.15, 0.2) is 0 Å². The molecule has 0 N–H and O–H groups in total. The fraction of sp³-hybridized carbons (Fsp3) is 0.545. The quantitative estimate of drug-likeness (QED) is 0.761. The molecule has 8 heteroatoms. The fourth-order valence-electron chi connectivity index (χ4n) is 4.18. The van der Waals surface area contributed by atoms with E-state index in [1.807, 2.05) is 35.1 Å². The predicted octanol–water partition coefficient (Wildman–Crippen LogP) is 1.38. The molecule has 160 valence electrons. The van der Waals surface area contributed by atoms with Crippen molar-refractivity contribution in [3.05, 3.63) is 47.5 Å². The topological polar surface area (TPSA) is 74.6 Å². The van der Waals surface area contributed by atoms with Crippen molar-refractivity contribution in [3.63, 3.8) is 0 Å². The minimum atomic E-state index is 0.0661. The predicted molar refractivity (Wildman–Crippen MR) is 113 cm³/mol. The lowest BCUT2D eigenvalue weighted by Crippen LogP contribution is -2.47. The minimum Gasteiger partial charge on any atom is -0.341 e. The van der Waals surface area contributed by atoms with Crippen LogP contribution in [0.4, 0.5) is 0 Å². The van der Waals surface area contributed by atoms with E-state index in [1.165, 1.54) is 0 Å². The molecule has 4 heterocycles. The van der Waals surface area contributed by atoms with Crippen molar-refractivity contribution in [1.29, 1.82) is 0 Å². The van der Waals surface area contributed by atoms with Crippen LogP contribution in [0.15, 0.2) is 30.7 Å². The zero-order valence-electron chi connectivity index (χ0n) is 17.8. The minimum absolute atomic E-state index is 0.0661. The summed E-state index contributed by atoms with van der Waals surface area (Å²) >= 11 is 0. The maximum Gasteiger partial charge on any atom is 0.255 e. The molecule has 0 aliphatic carbocycles. The summed E-state index contributed by atoms with van der Waals surface area (Å²) in [5.41, 5.74) is 2.73. The van der Waals surface area contributed by atoms with E-state index < -0.39 is 0 Å². The smallest absolute Gasteiger partial charge is 0.255 e. The third-order valence-electron chi connectivity index (χ3n) is 6.15. The number of pyridine rings is 1. The Morgan fingerprint density at radius 1 is 1.00 bits per heavy atom. The lowest BCUT2D eigenvalue weighted by atomic mass is 9.92. The summed E-state index contributed by atoms with van der Waals surface area (Å²) in [6, 6.07) is 3.89. The van der Waals surface area contributed by atoms with Crippen molar-refractivity contribution in [2.45, 2.75) is 32.2 Å². The van der Waals surface area contributed by atoms with Gasteiger partial charge < -0.3 is 14.7 Å². The van der Waals surface area contributed by atoms with Crippen molar-refractivity contribution in [2.24, 2.45) is 0 Å². The van der Waals surface area contributed by atoms with Crippen LogP contribution in [0, 0.1) is 6.92 Å². The van der Waals surface area contributed by atoms with E-state index in [4.69, 9.17) is 0 Å². The summed E-state index contributed by atoms with van der Waals surface area (Å²) in [5, 5.41) is 4.20. The molecule has 2 aliphatic rings. The molecule has 30 heavy (non-hydrogen) atoms. The van der Waals surface area contributed by atoms with E-state index in [0.29, 0.717) is 18.0 Å². The zero-order chi connectivity index (χ0) is 21.1. The van der Waals surface area contributed by atoms with Crippen LogP contribution < -0.4 is 0 Å². The summed E-state index contributed by atoms with van der Waals surface area (Å²) in [4.78, 5) is 35.8. The Bertz CT molecular complexity index is 877. The van der Waals surface area contributed by atoms with Gasteiger partial charge in [0.25, 0.3) is 5.91 Å². The van der Waals surface area contributed by atoms with Crippen LogP contribution in [0.25, 0.3) is 0 Å². The van der Waals surface area contributed by atoms with Gasteiger partial charge in [-0.15, -0.1) is 0 Å². The molecule has 0 aromatic carbocycles. The average Bonchev–Trinajstić information content (AvgIpc) is 3.18. The number of rotatable bonds is 4. The van der Waals surface area contributed by atoms with Crippen molar-refractivity contribution in [3.8, 4) is 0 Å². The SMILES string of the molecule is Cc1cnn(CC(=O)N2CCC(c3ccc(C(=O)N4CCN(C)CC4)cn3)CC2)c1. The maximum absolute atomic E-state index is 12.7. The number of piperazine rings is 1. The normalized spacial score (nSPS) is 18.6. The highest BCUT2D eigenvalue weighted by molar-refractivity contribution is 5.94. The van der Waals surface area contributed by atoms with Crippen molar-refractivity contribution >= 4 is 11.8 Å². The molecular formula is C22H30N6O2. The number of hydrogen-bond acceptors (Lipinski definition) is 5. The Morgan fingerprint density at radius 3 is 2.33 bits per heavy atom. The first kappa shape index (κ1) is 20.5. The van der Waals surface area contributed by atoms with E-state index in [0.717, 1.165) is 63.4 Å². The summed E-state index contributed by atoms with van der Waals surface area (Å²) in [6.07, 6.45) is 7.15. The summed E-state index contributed by atoms with van der Waals surface area (Å²) < 4.78 is 1.70. The van der Waals surface area contributed by atoms with Gasteiger partial charge in [0.05, 0.1) is 11.8 Å². The molecule has 2 amide bonds. The molecule has 0 saturated carbocycles. The van der Waals surface area contributed by atoms with Gasteiger partial charge in [-0.1, -0.05) is 0 Å². The Hall–Kier alpha value is -2.74. The molecule has 0 atom stereocenters. The van der Waals surface area contributed by atoms with Gasteiger partial charge >= 0.3 is 0 Å². The molecule has 0 spiro atoms. The van der Waals surface area contributed by atoms with Crippen LogP contribution in [0.5, 0.6) is 0 Å². The lowest BCUT2D eigenvalue weighted by Gasteiger charge is -2.33. The summed E-state index contributed by atoms with van der Waals surface area (Å²) in [7, 11) is 2.08. The molecule has 2 fully saturated rings. The number of hydrogen-bond donors (Lipinski definition) is 0. The second-order valence-electron chi connectivity index (χ2n) is 8.44. The highest BCUT2D eigenvalue weighted by Crippen LogP contribution is 2.27. The van der Waals surface area contributed by atoms with Crippen LogP contribution >= 0.6 is 0 Å². The van der Waals surface area contributed by atoms with Gasteiger partial charge in [0.2, 0.25) is 5.91 Å². The average molecular weight is 411 g/mol. The number of nitrogens with zero attached hydrogens (tertiary/aromatic N) is 6. The number of likely N-dealkylation sites (tertiary alicyclic amines) is 1. The third-order valence-corrected chi connectivity index (χ3v) is 6.15. The van der Waals surface area contributed by atoms with Crippen molar-refractivity contribution in [2.75, 3.05) is 46.3 Å². The molecule has 0 radical (unpaired) electrons. The van der Waals surface area contributed by atoms with E-state index in [-0.39, 0.29) is 11.8 Å². The number of carbonyl (C=O) groups excluding carboxylic acids is 2.